The number of aryl methyl sites for hydroxylation is 1. The van der Waals surface area contributed by atoms with Crippen LogP contribution in [0.1, 0.15) is 12.0 Å². The molecule has 0 atom stereocenters. The number of benzene rings is 1. The second-order valence-corrected chi connectivity index (χ2v) is 4.26. The zero-order chi connectivity index (χ0) is 16.6. The Hall–Kier alpha value is -2.74. The first-order valence-corrected chi connectivity index (χ1v) is 6.22. The summed E-state index contributed by atoms with van der Waals surface area (Å²) in [4.78, 5) is 12.9. The fourth-order valence-electron chi connectivity index (χ4n) is 1.67. The van der Waals surface area contributed by atoms with Crippen LogP contribution in [0.3, 0.4) is 0 Å². The summed E-state index contributed by atoms with van der Waals surface area (Å²) in [5.41, 5.74) is 0.650. The molecule has 0 saturated carbocycles. The summed E-state index contributed by atoms with van der Waals surface area (Å²) in [7, 11) is 0. The summed E-state index contributed by atoms with van der Waals surface area (Å²) < 4.78 is 39.8. The first-order chi connectivity index (χ1) is 10.4. The molecule has 1 aromatic carbocycles. The van der Waals surface area contributed by atoms with E-state index < -0.39 is 6.36 Å². The first-order valence-electron chi connectivity index (χ1n) is 6.22. The number of hydrogen-bond acceptors (Lipinski definition) is 4. The number of halogens is 3. The number of hydrogen-bond donors (Lipinski definition) is 0. The second-order valence-electron chi connectivity index (χ2n) is 4.26. The van der Waals surface area contributed by atoms with Crippen molar-refractivity contribution in [1.29, 1.82) is 10.5 Å². The van der Waals surface area contributed by atoms with Gasteiger partial charge < -0.3 is 9.64 Å². The summed E-state index contributed by atoms with van der Waals surface area (Å²) >= 11 is 0. The van der Waals surface area contributed by atoms with Crippen LogP contribution >= 0.6 is 0 Å². The normalized spacial score (nSPS) is 10.4. The number of ether oxygens (including phenoxy) is 1. The average Bonchev–Trinajstić information content (AvgIpc) is 2.44. The standard InChI is InChI=1S/C14H12F3N3O2/c15-14(16,17)22-12-4-1-11(2-5-12)3-6-13(21)20(9-7-18)10-8-19/h1-2,4-5H,3,6,9-10H2. The third-order valence-corrected chi connectivity index (χ3v) is 2.66. The van der Waals surface area contributed by atoms with Gasteiger partial charge >= 0.3 is 6.36 Å². The largest absolute Gasteiger partial charge is 0.573 e. The highest BCUT2D eigenvalue weighted by atomic mass is 19.4. The fraction of sp³-hybridized carbons (Fsp3) is 0.357. The van der Waals surface area contributed by atoms with Gasteiger partial charge in [0.2, 0.25) is 5.91 Å². The van der Waals surface area contributed by atoms with Crippen LogP contribution in [-0.4, -0.2) is 30.3 Å². The Labute approximate surface area is 125 Å². The van der Waals surface area contributed by atoms with Crippen molar-refractivity contribution < 1.29 is 22.7 Å². The fourth-order valence-corrected chi connectivity index (χ4v) is 1.67. The highest BCUT2D eigenvalue weighted by molar-refractivity contribution is 5.77. The predicted molar refractivity (Wildman–Crippen MR) is 69.3 cm³/mol. The lowest BCUT2D eigenvalue weighted by atomic mass is 10.1. The molecule has 116 valence electrons. The monoisotopic (exact) mass is 311 g/mol. The molecule has 0 aromatic heterocycles. The summed E-state index contributed by atoms with van der Waals surface area (Å²) in [6.07, 6.45) is -4.39. The molecule has 0 fully saturated rings. The molecule has 0 bridgehead atoms. The highest BCUT2D eigenvalue weighted by Crippen LogP contribution is 2.23. The summed E-state index contributed by atoms with van der Waals surface area (Å²) in [5.74, 6) is -0.697. The molecule has 1 aromatic rings. The SMILES string of the molecule is N#CCN(CC#N)C(=O)CCc1ccc(OC(F)(F)F)cc1. The summed E-state index contributed by atoms with van der Waals surface area (Å²) in [6.45, 7) is -0.352. The van der Waals surface area contributed by atoms with Crippen LogP contribution in [0.15, 0.2) is 24.3 Å². The minimum absolute atomic E-state index is 0.0584. The van der Waals surface area contributed by atoms with E-state index in [0.29, 0.717) is 12.0 Å². The number of rotatable bonds is 6. The lowest BCUT2D eigenvalue weighted by molar-refractivity contribution is -0.274. The zero-order valence-corrected chi connectivity index (χ0v) is 11.4. The first kappa shape index (κ1) is 17.3. The molecule has 0 N–H and O–H groups in total. The van der Waals surface area contributed by atoms with Crippen LogP contribution in [0.25, 0.3) is 0 Å². The van der Waals surface area contributed by atoms with Gasteiger partial charge in [0.15, 0.2) is 0 Å². The van der Waals surface area contributed by atoms with E-state index in [1.165, 1.54) is 12.1 Å². The second kappa shape index (κ2) is 7.89. The maximum absolute atomic E-state index is 12.0. The van der Waals surface area contributed by atoms with Crippen molar-refractivity contribution in [1.82, 2.24) is 4.90 Å². The maximum Gasteiger partial charge on any atom is 0.573 e. The van der Waals surface area contributed by atoms with E-state index in [2.05, 4.69) is 4.74 Å². The van der Waals surface area contributed by atoms with Crippen molar-refractivity contribution in [2.24, 2.45) is 0 Å². The molecular formula is C14H12F3N3O2. The van der Waals surface area contributed by atoms with Crippen molar-refractivity contribution in [3.8, 4) is 17.9 Å². The van der Waals surface area contributed by atoms with Crippen LogP contribution in [0.5, 0.6) is 5.75 Å². The van der Waals surface area contributed by atoms with Gasteiger partial charge in [-0.05, 0) is 24.1 Å². The molecule has 5 nitrogen and oxygen atoms in total. The summed E-state index contributed by atoms with van der Waals surface area (Å²) in [5, 5.41) is 17.1. The molecule has 1 rings (SSSR count). The van der Waals surface area contributed by atoms with Gasteiger partial charge in [0.25, 0.3) is 0 Å². The van der Waals surface area contributed by atoms with Gasteiger partial charge in [-0.2, -0.15) is 10.5 Å². The molecule has 8 heteroatoms. The van der Waals surface area contributed by atoms with Crippen LogP contribution in [0.4, 0.5) is 13.2 Å². The lowest BCUT2D eigenvalue weighted by Gasteiger charge is -2.15. The topological polar surface area (TPSA) is 77.1 Å². The van der Waals surface area contributed by atoms with Gasteiger partial charge in [0.1, 0.15) is 18.8 Å². The predicted octanol–water partition coefficient (Wildman–Crippen LogP) is 2.39. The molecule has 0 unspecified atom stereocenters. The molecule has 0 radical (unpaired) electrons. The Morgan fingerprint density at radius 3 is 2.14 bits per heavy atom. The third-order valence-electron chi connectivity index (χ3n) is 2.66. The van der Waals surface area contributed by atoms with E-state index in [0.717, 1.165) is 17.0 Å². The highest BCUT2D eigenvalue weighted by Gasteiger charge is 2.30. The van der Waals surface area contributed by atoms with Gasteiger partial charge in [-0.25, -0.2) is 0 Å². The van der Waals surface area contributed by atoms with E-state index >= 15 is 0 Å². The number of nitriles is 2. The van der Waals surface area contributed by atoms with Gasteiger partial charge in [0, 0.05) is 6.42 Å². The van der Waals surface area contributed by atoms with Crippen molar-refractivity contribution in [3.63, 3.8) is 0 Å². The van der Waals surface area contributed by atoms with E-state index in [4.69, 9.17) is 10.5 Å². The molecule has 0 saturated heterocycles. The van der Waals surface area contributed by atoms with Gasteiger partial charge in [-0.3, -0.25) is 4.79 Å². The minimum Gasteiger partial charge on any atom is -0.406 e. The number of carbonyl (C=O) groups excluding carboxylic acids is 1. The summed E-state index contributed by atoms with van der Waals surface area (Å²) in [6, 6.07) is 8.76. The van der Waals surface area contributed by atoms with E-state index in [-0.39, 0.29) is 31.2 Å². The minimum atomic E-state index is -4.74. The molecule has 0 aliphatic heterocycles. The molecule has 22 heavy (non-hydrogen) atoms. The van der Waals surface area contributed by atoms with Crippen molar-refractivity contribution in [3.05, 3.63) is 29.8 Å². The average molecular weight is 311 g/mol. The van der Waals surface area contributed by atoms with Crippen LogP contribution in [-0.2, 0) is 11.2 Å². The van der Waals surface area contributed by atoms with Crippen molar-refractivity contribution >= 4 is 5.91 Å². The van der Waals surface area contributed by atoms with Gasteiger partial charge in [0.05, 0.1) is 12.1 Å². The molecule has 0 heterocycles. The van der Waals surface area contributed by atoms with Crippen LogP contribution < -0.4 is 4.74 Å². The molecular weight excluding hydrogens is 299 g/mol. The third kappa shape index (κ3) is 6.14. The number of carbonyl (C=O) groups is 1. The Kier molecular flexibility index (Phi) is 6.21. The zero-order valence-electron chi connectivity index (χ0n) is 11.4. The van der Waals surface area contributed by atoms with E-state index in [9.17, 15) is 18.0 Å². The van der Waals surface area contributed by atoms with E-state index in [1.54, 1.807) is 12.1 Å². The Morgan fingerprint density at radius 2 is 1.68 bits per heavy atom. The molecule has 0 aliphatic rings. The molecule has 0 spiro atoms. The number of nitrogens with zero attached hydrogens (tertiary/aromatic N) is 3. The maximum atomic E-state index is 12.0. The number of alkyl halides is 3. The van der Waals surface area contributed by atoms with Gasteiger partial charge in [-0.1, -0.05) is 12.1 Å². The molecule has 1 amide bonds. The molecule has 0 aliphatic carbocycles. The van der Waals surface area contributed by atoms with Crippen LogP contribution in [0, 0.1) is 22.7 Å². The Morgan fingerprint density at radius 1 is 1.14 bits per heavy atom. The van der Waals surface area contributed by atoms with E-state index in [1.807, 2.05) is 0 Å². The van der Waals surface area contributed by atoms with Crippen molar-refractivity contribution in [2.75, 3.05) is 13.1 Å². The Balaban J connectivity index is 2.56. The quantitative estimate of drug-likeness (QED) is 0.756. The number of amides is 1. The smallest absolute Gasteiger partial charge is 0.406 e. The van der Waals surface area contributed by atoms with Crippen molar-refractivity contribution in [2.45, 2.75) is 19.2 Å². The van der Waals surface area contributed by atoms with Crippen LogP contribution in [0.2, 0.25) is 0 Å². The Bertz CT molecular complexity index is 569. The van der Waals surface area contributed by atoms with Gasteiger partial charge in [-0.15, -0.1) is 13.2 Å². The lowest BCUT2D eigenvalue weighted by Crippen LogP contribution is -2.31.